The summed E-state index contributed by atoms with van der Waals surface area (Å²) in [4.78, 5) is 12.1. The molecule has 0 spiro atoms. The lowest BCUT2D eigenvalue weighted by Crippen LogP contribution is -1.98. The maximum atomic E-state index is 13.8. The highest BCUT2D eigenvalue weighted by atomic mass is 19.2. The van der Waals surface area contributed by atoms with Crippen molar-refractivity contribution in [3.05, 3.63) is 82.8 Å². The average Bonchev–Trinajstić information content (AvgIpc) is 3.04. The van der Waals surface area contributed by atoms with E-state index in [1.807, 2.05) is 0 Å². The van der Waals surface area contributed by atoms with Gasteiger partial charge >= 0.3 is 0 Å². The summed E-state index contributed by atoms with van der Waals surface area (Å²) >= 11 is 0. The van der Waals surface area contributed by atoms with Gasteiger partial charge in [-0.1, -0.05) is 6.07 Å². The van der Waals surface area contributed by atoms with Gasteiger partial charge in [-0.2, -0.15) is 5.10 Å². The summed E-state index contributed by atoms with van der Waals surface area (Å²) in [6.45, 7) is 1.73. The Balaban J connectivity index is 1.79. The molecule has 1 heterocycles. The van der Waals surface area contributed by atoms with Crippen LogP contribution in [0.4, 0.5) is 13.2 Å². The minimum atomic E-state index is -0.970. The van der Waals surface area contributed by atoms with Crippen molar-refractivity contribution in [3.63, 3.8) is 0 Å². The molecule has 2 aromatic carbocycles. The fourth-order valence-corrected chi connectivity index (χ4v) is 2.30. The molecule has 1 aromatic heterocycles. The van der Waals surface area contributed by atoms with E-state index in [0.717, 1.165) is 17.7 Å². The number of ketones is 1. The lowest BCUT2D eigenvalue weighted by molar-refractivity contribution is 0.104. The molecule has 3 nitrogen and oxygen atoms in total. The number of carbonyl (C=O) groups excluding carboxylic acids is 1. The highest BCUT2D eigenvalue weighted by molar-refractivity contribution is 6.06. The van der Waals surface area contributed by atoms with E-state index in [-0.39, 0.29) is 5.56 Å². The summed E-state index contributed by atoms with van der Waals surface area (Å²) in [5.74, 6) is -2.98. The monoisotopic (exact) mass is 342 g/mol. The van der Waals surface area contributed by atoms with Gasteiger partial charge in [0.05, 0.1) is 17.0 Å². The van der Waals surface area contributed by atoms with Crippen LogP contribution in [0.1, 0.15) is 21.6 Å². The van der Waals surface area contributed by atoms with Crippen LogP contribution in [0.2, 0.25) is 0 Å². The predicted octanol–water partition coefficient (Wildman–Crippen LogP) is 4.70. The van der Waals surface area contributed by atoms with Crippen molar-refractivity contribution in [1.82, 2.24) is 10.2 Å². The number of aryl methyl sites for hydroxylation is 1. The van der Waals surface area contributed by atoms with E-state index in [9.17, 15) is 18.0 Å². The van der Waals surface area contributed by atoms with Gasteiger partial charge in [0.15, 0.2) is 17.4 Å². The first-order chi connectivity index (χ1) is 11.9. The third-order valence-corrected chi connectivity index (χ3v) is 3.62. The molecule has 126 valence electrons. The number of allylic oxidation sites excluding steroid dienone is 1. The molecule has 3 rings (SSSR count). The van der Waals surface area contributed by atoms with E-state index in [4.69, 9.17) is 0 Å². The van der Waals surface area contributed by atoms with Crippen molar-refractivity contribution in [2.75, 3.05) is 0 Å². The van der Waals surface area contributed by atoms with Gasteiger partial charge in [-0.3, -0.25) is 9.89 Å². The topological polar surface area (TPSA) is 45.8 Å². The number of rotatable bonds is 4. The van der Waals surface area contributed by atoms with E-state index in [0.29, 0.717) is 17.0 Å². The SMILES string of the molecule is Cc1ccc(C(=O)/C=C/c2cc(-c3ccc(F)c(F)c3)n[nH]2)c(F)c1. The Morgan fingerprint density at radius 3 is 2.52 bits per heavy atom. The molecule has 0 atom stereocenters. The van der Waals surface area contributed by atoms with Crippen molar-refractivity contribution in [2.24, 2.45) is 0 Å². The van der Waals surface area contributed by atoms with Gasteiger partial charge in [-0.25, -0.2) is 13.2 Å². The Morgan fingerprint density at radius 1 is 1.00 bits per heavy atom. The summed E-state index contributed by atoms with van der Waals surface area (Å²) in [6, 6.07) is 9.39. The van der Waals surface area contributed by atoms with E-state index in [1.165, 1.54) is 30.4 Å². The van der Waals surface area contributed by atoms with Gasteiger partial charge in [0, 0.05) is 5.56 Å². The van der Waals surface area contributed by atoms with Crippen LogP contribution in [0, 0.1) is 24.4 Å². The molecular formula is C19H13F3N2O. The maximum Gasteiger partial charge on any atom is 0.188 e. The smallest absolute Gasteiger partial charge is 0.188 e. The van der Waals surface area contributed by atoms with E-state index >= 15 is 0 Å². The largest absolute Gasteiger partial charge is 0.289 e. The molecule has 0 amide bonds. The molecular weight excluding hydrogens is 329 g/mol. The minimum absolute atomic E-state index is 0.0257. The van der Waals surface area contributed by atoms with Crippen molar-refractivity contribution < 1.29 is 18.0 Å². The molecule has 0 aliphatic carbocycles. The van der Waals surface area contributed by atoms with Gasteiger partial charge in [-0.05, 0) is 61.0 Å². The summed E-state index contributed by atoms with van der Waals surface area (Å²) in [6.07, 6.45) is 2.66. The summed E-state index contributed by atoms with van der Waals surface area (Å²) in [5.41, 5.74) is 1.96. The third kappa shape index (κ3) is 3.68. The van der Waals surface area contributed by atoms with E-state index in [1.54, 1.807) is 19.1 Å². The number of hydrogen-bond donors (Lipinski definition) is 1. The predicted molar refractivity (Wildman–Crippen MR) is 88.4 cm³/mol. The molecule has 0 aliphatic heterocycles. The normalized spacial score (nSPS) is 11.2. The molecule has 3 aromatic rings. The van der Waals surface area contributed by atoms with Crippen molar-refractivity contribution in [3.8, 4) is 11.3 Å². The molecule has 25 heavy (non-hydrogen) atoms. The van der Waals surface area contributed by atoms with Gasteiger partial charge < -0.3 is 0 Å². The van der Waals surface area contributed by atoms with Crippen molar-refractivity contribution in [1.29, 1.82) is 0 Å². The van der Waals surface area contributed by atoms with Crippen LogP contribution in [-0.4, -0.2) is 16.0 Å². The summed E-state index contributed by atoms with van der Waals surface area (Å²) < 4.78 is 40.0. The summed E-state index contributed by atoms with van der Waals surface area (Å²) in [7, 11) is 0. The van der Waals surface area contributed by atoms with E-state index < -0.39 is 23.2 Å². The highest BCUT2D eigenvalue weighted by Crippen LogP contribution is 2.21. The van der Waals surface area contributed by atoms with Crippen LogP contribution in [0.5, 0.6) is 0 Å². The molecule has 0 bridgehead atoms. The quantitative estimate of drug-likeness (QED) is 0.552. The van der Waals surface area contributed by atoms with Gasteiger partial charge in [0.25, 0.3) is 0 Å². The zero-order valence-corrected chi connectivity index (χ0v) is 13.2. The first-order valence-corrected chi connectivity index (χ1v) is 7.43. The molecule has 1 N–H and O–H groups in total. The summed E-state index contributed by atoms with van der Waals surface area (Å²) in [5, 5.41) is 6.66. The van der Waals surface area contributed by atoms with E-state index in [2.05, 4.69) is 10.2 Å². The second-order valence-corrected chi connectivity index (χ2v) is 5.52. The third-order valence-electron chi connectivity index (χ3n) is 3.62. The van der Waals surface area contributed by atoms with Gasteiger partial charge in [0.2, 0.25) is 0 Å². The van der Waals surface area contributed by atoms with Gasteiger partial charge in [0.1, 0.15) is 5.82 Å². The standard InChI is InChI=1S/C19H13F3N2O/c1-11-2-5-14(16(21)8-11)19(25)7-4-13-10-18(24-23-13)12-3-6-15(20)17(22)9-12/h2-10H,1H3,(H,23,24)/b7-4+. The first-order valence-electron chi connectivity index (χ1n) is 7.43. The zero-order valence-electron chi connectivity index (χ0n) is 13.2. The zero-order chi connectivity index (χ0) is 18.0. The molecule has 0 fully saturated rings. The number of benzene rings is 2. The number of aromatic nitrogens is 2. The van der Waals surface area contributed by atoms with Crippen molar-refractivity contribution in [2.45, 2.75) is 6.92 Å². The van der Waals surface area contributed by atoms with Crippen LogP contribution in [0.3, 0.4) is 0 Å². The first kappa shape index (κ1) is 16.7. The Kier molecular flexibility index (Phi) is 4.52. The molecule has 0 radical (unpaired) electrons. The Bertz CT molecular complexity index is 977. The van der Waals surface area contributed by atoms with Gasteiger partial charge in [-0.15, -0.1) is 0 Å². The molecule has 0 aliphatic rings. The molecule has 0 unspecified atom stereocenters. The fourth-order valence-electron chi connectivity index (χ4n) is 2.30. The number of aromatic amines is 1. The second-order valence-electron chi connectivity index (χ2n) is 5.52. The number of H-pyrrole nitrogens is 1. The Hall–Kier alpha value is -3.15. The van der Waals surface area contributed by atoms with Crippen LogP contribution in [0.25, 0.3) is 17.3 Å². The Labute approximate surface area is 141 Å². The Morgan fingerprint density at radius 2 is 1.80 bits per heavy atom. The number of nitrogens with one attached hydrogen (secondary N) is 1. The maximum absolute atomic E-state index is 13.8. The lowest BCUT2D eigenvalue weighted by Gasteiger charge is -1.99. The fraction of sp³-hybridized carbons (Fsp3) is 0.0526. The number of halogens is 3. The number of nitrogens with zero attached hydrogens (tertiary/aromatic N) is 1. The molecule has 0 saturated carbocycles. The second kappa shape index (κ2) is 6.76. The van der Waals surface area contributed by atoms with Crippen LogP contribution >= 0.6 is 0 Å². The van der Waals surface area contributed by atoms with Crippen LogP contribution < -0.4 is 0 Å². The lowest BCUT2D eigenvalue weighted by atomic mass is 10.1. The minimum Gasteiger partial charge on any atom is -0.289 e. The molecule has 6 heteroatoms. The highest BCUT2D eigenvalue weighted by Gasteiger charge is 2.10. The number of hydrogen-bond acceptors (Lipinski definition) is 2. The average molecular weight is 342 g/mol. The van der Waals surface area contributed by atoms with Crippen molar-refractivity contribution >= 4 is 11.9 Å². The van der Waals surface area contributed by atoms with Crippen LogP contribution in [-0.2, 0) is 0 Å². The molecule has 0 saturated heterocycles. The number of carbonyl (C=O) groups is 1. The van der Waals surface area contributed by atoms with Crippen LogP contribution in [0.15, 0.2) is 48.5 Å².